The van der Waals surface area contributed by atoms with Gasteiger partial charge in [0.05, 0.1) is 36.2 Å². The number of benzene rings is 2. The van der Waals surface area contributed by atoms with Crippen LogP contribution in [0.15, 0.2) is 36.4 Å². The zero-order chi connectivity index (χ0) is 18.0. The van der Waals surface area contributed by atoms with Crippen LogP contribution in [0, 0.1) is 0 Å². The van der Waals surface area contributed by atoms with E-state index in [4.69, 9.17) is 27.9 Å². The van der Waals surface area contributed by atoms with Crippen LogP contribution in [0.25, 0.3) is 0 Å². The number of nitrogens with zero attached hydrogens (tertiary/aromatic N) is 1. The molecule has 0 radical (unpaired) electrons. The number of amides is 1. The van der Waals surface area contributed by atoms with Gasteiger partial charge >= 0.3 is 0 Å². The van der Waals surface area contributed by atoms with E-state index >= 15 is 0 Å². The average Bonchev–Trinajstić information content (AvgIpc) is 2.63. The number of rotatable bonds is 4. The molecular weight excluding hydrogens is 361 g/mol. The summed E-state index contributed by atoms with van der Waals surface area (Å²) in [7, 11) is 1.63. The molecule has 0 spiro atoms. The molecule has 1 amide bonds. The lowest BCUT2D eigenvalue weighted by Gasteiger charge is -2.37. The van der Waals surface area contributed by atoms with E-state index in [0.717, 1.165) is 22.4 Å². The van der Waals surface area contributed by atoms with Gasteiger partial charge < -0.3 is 14.7 Å². The molecule has 0 bridgehead atoms. The fourth-order valence-corrected chi connectivity index (χ4v) is 3.65. The van der Waals surface area contributed by atoms with Crippen molar-refractivity contribution in [2.24, 2.45) is 0 Å². The Kier molecular flexibility index (Phi) is 5.52. The van der Waals surface area contributed by atoms with Crippen LogP contribution in [-0.2, 0) is 17.6 Å². The van der Waals surface area contributed by atoms with Crippen molar-refractivity contribution >= 4 is 29.1 Å². The molecule has 4 nitrogen and oxygen atoms in total. The Morgan fingerprint density at radius 2 is 2.08 bits per heavy atom. The second kappa shape index (κ2) is 7.65. The second-order valence-electron chi connectivity index (χ2n) is 5.99. The summed E-state index contributed by atoms with van der Waals surface area (Å²) >= 11 is 12.0. The molecule has 0 aromatic heterocycles. The summed E-state index contributed by atoms with van der Waals surface area (Å²) < 4.78 is 5.41. The summed E-state index contributed by atoms with van der Waals surface area (Å²) in [6.07, 6.45) is 0.912. The van der Waals surface area contributed by atoms with Crippen molar-refractivity contribution in [1.82, 2.24) is 4.90 Å². The average molecular weight is 380 g/mol. The summed E-state index contributed by atoms with van der Waals surface area (Å²) in [5.74, 6) is 0.749. The summed E-state index contributed by atoms with van der Waals surface area (Å²) in [5, 5.41) is 10.8. The molecule has 6 heteroatoms. The number of hydrogen-bond acceptors (Lipinski definition) is 3. The quantitative estimate of drug-likeness (QED) is 0.881. The maximum atomic E-state index is 12.8. The van der Waals surface area contributed by atoms with Gasteiger partial charge in [0.1, 0.15) is 5.75 Å². The van der Waals surface area contributed by atoms with Crippen LogP contribution in [0.1, 0.15) is 22.7 Å². The smallest absolute Gasteiger partial charge is 0.227 e. The summed E-state index contributed by atoms with van der Waals surface area (Å²) in [6, 6.07) is 10.5. The molecular formula is C19H19Cl2NO3. The van der Waals surface area contributed by atoms with Gasteiger partial charge in [-0.1, -0.05) is 41.4 Å². The van der Waals surface area contributed by atoms with Crippen LogP contribution in [0.2, 0.25) is 10.0 Å². The number of aliphatic hydroxyl groups excluding tert-OH is 1. The third-order valence-electron chi connectivity index (χ3n) is 4.56. The molecule has 1 unspecified atom stereocenters. The van der Waals surface area contributed by atoms with E-state index in [1.807, 2.05) is 18.2 Å². The molecule has 3 rings (SSSR count). The molecule has 1 atom stereocenters. The van der Waals surface area contributed by atoms with Gasteiger partial charge in [0, 0.05) is 12.1 Å². The van der Waals surface area contributed by atoms with Crippen molar-refractivity contribution in [2.75, 3.05) is 20.3 Å². The van der Waals surface area contributed by atoms with Gasteiger partial charge in [-0.2, -0.15) is 0 Å². The Balaban J connectivity index is 1.84. The van der Waals surface area contributed by atoms with Crippen LogP contribution in [0.4, 0.5) is 0 Å². The lowest BCUT2D eigenvalue weighted by Crippen LogP contribution is -2.42. The molecule has 25 heavy (non-hydrogen) atoms. The van der Waals surface area contributed by atoms with Gasteiger partial charge in [0.25, 0.3) is 0 Å². The predicted molar refractivity (Wildman–Crippen MR) is 98.4 cm³/mol. The third kappa shape index (κ3) is 3.61. The van der Waals surface area contributed by atoms with Crippen LogP contribution in [0.3, 0.4) is 0 Å². The second-order valence-corrected chi connectivity index (χ2v) is 6.80. The Hall–Kier alpha value is -1.75. The molecule has 1 aliphatic rings. The number of ether oxygens (including phenoxy) is 1. The molecule has 1 heterocycles. The number of carbonyl (C=O) groups excluding carboxylic acids is 1. The highest BCUT2D eigenvalue weighted by molar-refractivity contribution is 6.42. The maximum Gasteiger partial charge on any atom is 0.227 e. The van der Waals surface area contributed by atoms with Crippen molar-refractivity contribution in [3.05, 3.63) is 63.1 Å². The molecule has 132 valence electrons. The first-order valence-electron chi connectivity index (χ1n) is 8.05. The topological polar surface area (TPSA) is 49.8 Å². The highest BCUT2D eigenvalue weighted by Gasteiger charge is 2.31. The van der Waals surface area contributed by atoms with Crippen LogP contribution >= 0.6 is 23.2 Å². The van der Waals surface area contributed by atoms with E-state index in [-0.39, 0.29) is 25.0 Å². The number of halogens is 2. The first kappa shape index (κ1) is 18.1. The van der Waals surface area contributed by atoms with Gasteiger partial charge in [0.15, 0.2) is 0 Å². The van der Waals surface area contributed by atoms with Gasteiger partial charge in [0.2, 0.25) is 5.91 Å². The lowest BCUT2D eigenvalue weighted by atomic mass is 9.91. The molecule has 0 saturated heterocycles. The summed E-state index contributed by atoms with van der Waals surface area (Å²) in [6.45, 7) is 0.409. The highest BCUT2D eigenvalue weighted by atomic mass is 35.5. The van der Waals surface area contributed by atoms with Crippen molar-refractivity contribution < 1.29 is 14.6 Å². The Morgan fingerprint density at radius 3 is 2.76 bits per heavy atom. The Labute approximate surface area is 156 Å². The standard InChI is InChI=1S/C19H19Cl2NO3/c1-25-18-4-2-3-13-14(18)7-8-22(17(13)11-23)19(24)10-12-5-6-15(20)16(21)9-12/h2-6,9,17,23H,7-8,10-11H2,1H3. The summed E-state index contributed by atoms with van der Waals surface area (Å²) in [5.41, 5.74) is 2.80. The van der Waals surface area contributed by atoms with Crippen molar-refractivity contribution in [1.29, 1.82) is 0 Å². The minimum atomic E-state index is -0.367. The van der Waals surface area contributed by atoms with E-state index in [1.165, 1.54) is 0 Å². The van der Waals surface area contributed by atoms with E-state index < -0.39 is 0 Å². The van der Waals surface area contributed by atoms with Crippen LogP contribution in [0.5, 0.6) is 5.75 Å². The van der Waals surface area contributed by atoms with Crippen molar-refractivity contribution in [3.8, 4) is 5.75 Å². The minimum absolute atomic E-state index is 0.0501. The van der Waals surface area contributed by atoms with E-state index in [0.29, 0.717) is 23.0 Å². The third-order valence-corrected chi connectivity index (χ3v) is 5.30. The number of carbonyl (C=O) groups is 1. The number of hydrogen-bond donors (Lipinski definition) is 1. The maximum absolute atomic E-state index is 12.8. The largest absolute Gasteiger partial charge is 0.496 e. The molecule has 1 aliphatic heterocycles. The number of fused-ring (bicyclic) bond motifs is 1. The molecule has 2 aromatic carbocycles. The summed E-state index contributed by atoms with van der Waals surface area (Å²) in [4.78, 5) is 14.5. The van der Waals surface area contributed by atoms with E-state index in [9.17, 15) is 9.90 Å². The van der Waals surface area contributed by atoms with Gasteiger partial charge in [-0.3, -0.25) is 4.79 Å². The number of methoxy groups -OCH3 is 1. The predicted octanol–water partition coefficient (Wildman–Crippen LogP) is 3.66. The first-order chi connectivity index (χ1) is 12.0. The monoisotopic (exact) mass is 379 g/mol. The highest BCUT2D eigenvalue weighted by Crippen LogP contribution is 2.35. The fourth-order valence-electron chi connectivity index (χ4n) is 3.33. The normalized spacial score (nSPS) is 16.5. The van der Waals surface area contributed by atoms with Crippen molar-refractivity contribution in [3.63, 3.8) is 0 Å². The van der Waals surface area contributed by atoms with Crippen molar-refractivity contribution in [2.45, 2.75) is 18.9 Å². The van der Waals surface area contributed by atoms with Gasteiger partial charge in [-0.05, 0) is 35.7 Å². The first-order valence-corrected chi connectivity index (χ1v) is 8.80. The van der Waals surface area contributed by atoms with Crippen LogP contribution < -0.4 is 4.74 Å². The Morgan fingerprint density at radius 1 is 1.28 bits per heavy atom. The lowest BCUT2D eigenvalue weighted by molar-refractivity contribution is -0.134. The van der Waals surface area contributed by atoms with E-state index in [2.05, 4.69) is 0 Å². The number of aliphatic hydroxyl groups is 1. The van der Waals surface area contributed by atoms with Crippen LogP contribution in [-0.4, -0.2) is 36.2 Å². The molecule has 1 N–H and O–H groups in total. The molecule has 2 aromatic rings. The van der Waals surface area contributed by atoms with Gasteiger partial charge in [-0.25, -0.2) is 0 Å². The minimum Gasteiger partial charge on any atom is -0.496 e. The fraction of sp³-hybridized carbons (Fsp3) is 0.316. The Bertz CT molecular complexity index is 794. The van der Waals surface area contributed by atoms with Gasteiger partial charge in [-0.15, -0.1) is 0 Å². The zero-order valence-corrected chi connectivity index (χ0v) is 15.3. The molecule has 0 aliphatic carbocycles. The molecule has 0 fully saturated rings. The SMILES string of the molecule is COc1cccc2c1CCN(C(=O)Cc1ccc(Cl)c(Cl)c1)C2CO. The zero-order valence-electron chi connectivity index (χ0n) is 13.8. The van der Waals surface area contributed by atoms with E-state index in [1.54, 1.807) is 30.2 Å². The molecule has 0 saturated carbocycles.